The topological polar surface area (TPSA) is 46.2 Å². The van der Waals surface area contributed by atoms with Crippen LogP contribution in [0.25, 0.3) is 0 Å². The van der Waals surface area contributed by atoms with E-state index in [9.17, 15) is 9.50 Å². The number of phenolic OH excluding ortho intramolecular Hbond substituents is 1. The molecule has 1 aromatic carbocycles. The molecule has 1 rings (SSSR count). The van der Waals surface area contributed by atoms with Gasteiger partial charge in [-0.25, -0.2) is 4.39 Å². The summed E-state index contributed by atoms with van der Waals surface area (Å²) in [6, 6.07) is 3.55. The molecule has 2 atom stereocenters. The minimum Gasteiger partial charge on any atom is -0.508 e. The van der Waals surface area contributed by atoms with E-state index in [0.717, 1.165) is 6.42 Å². The van der Waals surface area contributed by atoms with Gasteiger partial charge in [0, 0.05) is 11.6 Å². The molecule has 0 heterocycles. The van der Waals surface area contributed by atoms with Crippen molar-refractivity contribution in [3.8, 4) is 5.75 Å². The SMILES string of the molecule is CCC(C)[C@@H](N)c1cc(F)ccc1O.Cl. The minimum absolute atomic E-state index is 0. The Hall–Kier alpha value is -0.800. The van der Waals surface area contributed by atoms with Gasteiger partial charge < -0.3 is 10.8 Å². The second kappa shape index (κ2) is 5.93. The summed E-state index contributed by atoms with van der Waals surface area (Å²) in [5.41, 5.74) is 6.38. The lowest BCUT2D eigenvalue weighted by Crippen LogP contribution is -2.18. The van der Waals surface area contributed by atoms with Gasteiger partial charge in [0.1, 0.15) is 11.6 Å². The predicted octanol–water partition coefficient (Wildman–Crippen LogP) is 3.00. The van der Waals surface area contributed by atoms with Gasteiger partial charge in [-0.2, -0.15) is 0 Å². The Balaban J connectivity index is 0.00000196. The van der Waals surface area contributed by atoms with Crippen molar-refractivity contribution in [2.45, 2.75) is 26.3 Å². The second-order valence-electron chi connectivity index (χ2n) is 3.61. The number of phenols is 1. The molecule has 0 amide bonds. The molecule has 0 radical (unpaired) electrons. The molecule has 86 valence electrons. The maximum Gasteiger partial charge on any atom is 0.123 e. The average molecular weight is 234 g/mol. The summed E-state index contributed by atoms with van der Waals surface area (Å²) in [7, 11) is 0. The van der Waals surface area contributed by atoms with E-state index in [1.807, 2.05) is 13.8 Å². The molecule has 0 aliphatic rings. The van der Waals surface area contributed by atoms with E-state index in [1.165, 1.54) is 18.2 Å². The number of aromatic hydroxyl groups is 1. The van der Waals surface area contributed by atoms with Crippen LogP contribution in [0.15, 0.2) is 18.2 Å². The van der Waals surface area contributed by atoms with Crippen LogP contribution in [0.5, 0.6) is 5.75 Å². The summed E-state index contributed by atoms with van der Waals surface area (Å²) in [5.74, 6) is -0.0709. The highest BCUT2D eigenvalue weighted by atomic mass is 35.5. The standard InChI is InChI=1S/C11H16FNO.ClH/c1-3-7(2)11(13)9-6-8(12)4-5-10(9)14;/h4-7,11,14H,3,13H2,1-2H3;1H/t7?,11-;/m1./s1. The summed E-state index contributed by atoms with van der Waals surface area (Å²) < 4.78 is 12.9. The monoisotopic (exact) mass is 233 g/mol. The van der Waals surface area contributed by atoms with Gasteiger partial charge in [-0.15, -0.1) is 12.4 Å². The molecule has 0 saturated heterocycles. The molecule has 0 fully saturated rings. The molecule has 0 aliphatic carbocycles. The molecule has 0 aliphatic heterocycles. The quantitative estimate of drug-likeness (QED) is 0.843. The van der Waals surface area contributed by atoms with Crippen LogP contribution in [-0.4, -0.2) is 5.11 Å². The molecule has 3 N–H and O–H groups in total. The molecule has 4 heteroatoms. The first kappa shape index (κ1) is 14.2. The Labute approximate surface area is 95.7 Å². The van der Waals surface area contributed by atoms with Crippen molar-refractivity contribution in [3.05, 3.63) is 29.6 Å². The summed E-state index contributed by atoms with van der Waals surface area (Å²) in [4.78, 5) is 0. The van der Waals surface area contributed by atoms with Crippen molar-refractivity contribution in [1.82, 2.24) is 0 Å². The molecule has 0 aromatic heterocycles. The molecule has 0 spiro atoms. The fraction of sp³-hybridized carbons (Fsp3) is 0.455. The summed E-state index contributed by atoms with van der Waals surface area (Å²) in [5, 5.41) is 9.50. The van der Waals surface area contributed by atoms with Gasteiger partial charge >= 0.3 is 0 Å². The molecule has 1 aromatic rings. The maximum absolute atomic E-state index is 12.9. The number of nitrogens with two attached hydrogens (primary N) is 1. The third-order valence-corrected chi connectivity index (χ3v) is 2.61. The molecule has 1 unspecified atom stereocenters. The Kier molecular flexibility index (Phi) is 5.61. The highest BCUT2D eigenvalue weighted by Crippen LogP contribution is 2.29. The van der Waals surface area contributed by atoms with Crippen molar-refractivity contribution in [1.29, 1.82) is 0 Å². The smallest absolute Gasteiger partial charge is 0.123 e. The van der Waals surface area contributed by atoms with Crippen LogP contribution in [0.3, 0.4) is 0 Å². The van der Waals surface area contributed by atoms with Gasteiger partial charge in [0.15, 0.2) is 0 Å². The van der Waals surface area contributed by atoms with Gasteiger partial charge in [-0.3, -0.25) is 0 Å². The highest BCUT2D eigenvalue weighted by Gasteiger charge is 2.17. The van der Waals surface area contributed by atoms with Crippen LogP contribution in [-0.2, 0) is 0 Å². The maximum atomic E-state index is 12.9. The summed E-state index contributed by atoms with van der Waals surface area (Å²) in [6.45, 7) is 4.00. The zero-order chi connectivity index (χ0) is 10.7. The summed E-state index contributed by atoms with van der Waals surface area (Å²) in [6.07, 6.45) is 0.900. The zero-order valence-corrected chi connectivity index (χ0v) is 9.72. The highest BCUT2D eigenvalue weighted by molar-refractivity contribution is 5.85. The Bertz CT molecular complexity index is 319. The lowest BCUT2D eigenvalue weighted by Gasteiger charge is -2.19. The lowest BCUT2D eigenvalue weighted by atomic mass is 9.93. The van der Waals surface area contributed by atoms with E-state index in [2.05, 4.69) is 0 Å². The Morgan fingerprint density at radius 3 is 2.60 bits per heavy atom. The van der Waals surface area contributed by atoms with Gasteiger partial charge in [0.05, 0.1) is 0 Å². The van der Waals surface area contributed by atoms with Crippen LogP contribution < -0.4 is 5.73 Å². The van der Waals surface area contributed by atoms with Gasteiger partial charge in [-0.05, 0) is 24.1 Å². The van der Waals surface area contributed by atoms with E-state index >= 15 is 0 Å². The first-order valence-electron chi connectivity index (χ1n) is 4.80. The third kappa shape index (κ3) is 3.36. The number of halogens is 2. The fourth-order valence-corrected chi connectivity index (χ4v) is 1.35. The van der Waals surface area contributed by atoms with Crippen LogP contribution >= 0.6 is 12.4 Å². The number of hydrogen-bond donors (Lipinski definition) is 2. The third-order valence-electron chi connectivity index (χ3n) is 2.61. The summed E-state index contributed by atoms with van der Waals surface area (Å²) >= 11 is 0. The minimum atomic E-state index is -0.364. The first-order chi connectivity index (χ1) is 6.56. The zero-order valence-electron chi connectivity index (χ0n) is 8.90. The largest absolute Gasteiger partial charge is 0.508 e. The average Bonchev–Trinajstić information content (AvgIpc) is 2.19. The molecule has 2 nitrogen and oxygen atoms in total. The molecular weight excluding hydrogens is 217 g/mol. The van der Waals surface area contributed by atoms with E-state index < -0.39 is 0 Å². The van der Waals surface area contributed by atoms with Crippen LogP contribution in [0, 0.1) is 11.7 Å². The first-order valence-corrected chi connectivity index (χ1v) is 4.80. The Morgan fingerprint density at radius 2 is 2.07 bits per heavy atom. The molecule has 0 saturated carbocycles. The van der Waals surface area contributed by atoms with Crippen molar-refractivity contribution in [2.75, 3.05) is 0 Å². The predicted molar refractivity (Wildman–Crippen MR) is 61.7 cm³/mol. The van der Waals surface area contributed by atoms with Crippen molar-refractivity contribution in [2.24, 2.45) is 11.7 Å². The molecular formula is C11H17ClFNO. The van der Waals surface area contributed by atoms with E-state index in [1.54, 1.807) is 0 Å². The number of rotatable bonds is 3. The van der Waals surface area contributed by atoms with Crippen LogP contribution in [0.1, 0.15) is 31.9 Å². The normalized spacial score (nSPS) is 14.1. The van der Waals surface area contributed by atoms with Crippen LogP contribution in [0.4, 0.5) is 4.39 Å². The lowest BCUT2D eigenvalue weighted by molar-refractivity contribution is 0.416. The Morgan fingerprint density at radius 1 is 1.47 bits per heavy atom. The number of benzene rings is 1. The van der Waals surface area contributed by atoms with Gasteiger partial charge in [0.2, 0.25) is 0 Å². The van der Waals surface area contributed by atoms with Gasteiger partial charge in [0.25, 0.3) is 0 Å². The van der Waals surface area contributed by atoms with E-state index in [-0.39, 0.29) is 35.9 Å². The van der Waals surface area contributed by atoms with Crippen LogP contribution in [0.2, 0.25) is 0 Å². The van der Waals surface area contributed by atoms with Crippen molar-refractivity contribution >= 4 is 12.4 Å². The fourth-order valence-electron chi connectivity index (χ4n) is 1.35. The van der Waals surface area contributed by atoms with Gasteiger partial charge in [-0.1, -0.05) is 20.3 Å². The second-order valence-corrected chi connectivity index (χ2v) is 3.61. The van der Waals surface area contributed by atoms with E-state index in [4.69, 9.17) is 5.73 Å². The van der Waals surface area contributed by atoms with E-state index in [0.29, 0.717) is 5.56 Å². The van der Waals surface area contributed by atoms with Crippen molar-refractivity contribution in [3.63, 3.8) is 0 Å². The molecule has 0 bridgehead atoms. The molecule has 15 heavy (non-hydrogen) atoms. The number of hydrogen-bond acceptors (Lipinski definition) is 2. The van der Waals surface area contributed by atoms with Crippen molar-refractivity contribution < 1.29 is 9.50 Å².